The van der Waals surface area contributed by atoms with Gasteiger partial charge in [-0.25, -0.2) is 17.5 Å². The molecule has 1 atom stereocenters. The van der Waals surface area contributed by atoms with Crippen LogP contribution in [-0.2, 0) is 14.8 Å². The second kappa shape index (κ2) is 6.75. The molecule has 1 aromatic carbocycles. The maximum atomic E-state index is 13.2. The van der Waals surface area contributed by atoms with Crippen LogP contribution in [0.5, 0.6) is 0 Å². The van der Waals surface area contributed by atoms with E-state index in [1.807, 2.05) is 13.8 Å². The monoisotopic (exact) mass is 328 g/mol. The molecule has 122 valence electrons. The number of hydrogen-bond donors (Lipinski definition) is 1. The third kappa shape index (κ3) is 4.04. The van der Waals surface area contributed by atoms with E-state index in [0.717, 1.165) is 12.5 Å². The van der Waals surface area contributed by atoms with Gasteiger partial charge in [-0.15, -0.1) is 0 Å². The molecule has 0 bridgehead atoms. The number of nitrogens with zero attached hydrogens (tertiary/aromatic N) is 1. The lowest BCUT2D eigenvalue weighted by Gasteiger charge is -2.34. The third-order valence-corrected chi connectivity index (χ3v) is 5.17. The molecule has 1 saturated heterocycles. The number of carbonyl (C=O) groups excluding carboxylic acids is 1. The molecule has 1 heterocycles. The SMILES string of the molecule is CC(C)C(=O)N1CCC[C@H](NS(=O)(=O)c2cccc(F)c2)C1. The fraction of sp³-hybridized carbons (Fsp3) is 0.533. The lowest BCUT2D eigenvalue weighted by Crippen LogP contribution is -2.50. The maximum absolute atomic E-state index is 13.2. The molecule has 0 saturated carbocycles. The summed E-state index contributed by atoms with van der Waals surface area (Å²) in [6, 6.07) is 4.56. The number of nitrogens with one attached hydrogen (secondary N) is 1. The molecule has 1 aliphatic rings. The zero-order valence-corrected chi connectivity index (χ0v) is 13.6. The minimum atomic E-state index is -3.78. The molecule has 1 aromatic rings. The Bertz CT molecular complexity index is 646. The molecule has 22 heavy (non-hydrogen) atoms. The number of piperidine rings is 1. The highest BCUT2D eigenvalue weighted by atomic mass is 32.2. The van der Waals surface area contributed by atoms with Crippen LogP contribution >= 0.6 is 0 Å². The van der Waals surface area contributed by atoms with Gasteiger partial charge in [0, 0.05) is 25.0 Å². The maximum Gasteiger partial charge on any atom is 0.240 e. The van der Waals surface area contributed by atoms with E-state index in [1.54, 1.807) is 4.90 Å². The Morgan fingerprint density at radius 1 is 1.41 bits per heavy atom. The first-order valence-electron chi connectivity index (χ1n) is 7.36. The first kappa shape index (κ1) is 16.9. The molecule has 0 spiro atoms. The van der Waals surface area contributed by atoms with Crippen LogP contribution in [0.3, 0.4) is 0 Å². The largest absolute Gasteiger partial charge is 0.341 e. The second-order valence-electron chi connectivity index (χ2n) is 5.86. The van der Waals surface area contributed by atoms with Crippen LogP contribution in [0.1, 0.15) is 26.7 Å². The van der Waals surface area contributed by atoms with Gasteiger partial charge in [0.15, 0.2) is 0 Å². The molecule has 1 aliphatic heterocycles. The van der Waals surface area contributed by atoms with E-state index in [4.69, 9.17) is 0 Å². The molecular weight excluding hydrogens is 307 g/mol. The number of halogens is 1. The second-order valence-corrected chi connectivity index (χ2v) is 7.57. The number of carbonyl (C=O) groups is 1. The van der Waals surface area contributed by atoms with E-state index in [-0.39, 0.29) is 22.8 Å². The number of sulfonamides is 1. The predicted molar refractivity (Wildman–Crippen MR) is 81.2 cm³/mol. The molecule has 2 rings (SSSR count). The highest BCUT2D eigenvalue weighted by Gasteiger charge is 2.28. The Morgan fingerprint density at radius 2 is 2.14 bits per heavy atom. The number of hydrogen-bond acceptors (Lipinski definition) is 3. The van der Waals surface area contributed by atoms with Gasteiger partial charge >= 0.3 is 0 Å². The number of likely N-dealkylation sites (tertiary alicyclic amines) is 1. The summed E-state index contributed by atoms with van der Waals surface area (Å²) in [4.78, 5) is 13.6. The molecule has 7 heteroatoms. The van der Waals surface area contributed by atoms with Crippen molar-refractivity contribution in [3.8, 4) is 0 Å². The van der Waals surface area contributed by atoms with Crippen molar-refractivity contribution in [1.82, 2.24) is 9.62 Å². The summed E-state index contributed by atoms with van der Waals surface area (Å²) in [6.45, 7) is 4.65. The summed E-state index contributed by atoms with van der Waals surface area (Å²) >= 11 is 0. The Kier molecular flexibility index (Phi) is 5.18. The van der Waals surface area contributed by atoms with Gasteiger partial charge in [0.25, 0.3) is 0 Å². The van der Waals surface area contributed by atoms with Gasteiger partial charge in [0.1, 0.15) is 5.82 Å². The minimum absolute atomic E-state index is 0.0228. The first-order chi connectivity index (χ1) is 10.3. The van der Waals surface area contributed by atoms with Crippen LogP contribution in [0.15, 0.2) is 29.2 Å². The fourth-order valence-corrected chi connectivity index (χ4v) is 3.85. The number of rotatable bonds is 4. The van der Waals surface area contributed by atoms with Gasteiger partial charge in [-0.1, -0.05) is 19.9 Å². The molecule has 0 radical (unpaired) electrons. The summed E-state index contributed by atoms with van der Waals surface area (Å²) in [6.07, 6.45) is 1.41. The third-order valence-electron chi connectivity index (χ3n) is 3.66. The molecular formula is C15H21FN2O3S. The van der Waals surface area contributed by atoms with E-state index in [0.29, 0.717) is 19.5 Å². The van der Waals surface area contributed by atoms with Crippen molar-refractivity contribution < 1.29 is 17.6 Å². The Morgan fingerprint density at radius 3 is 2.77 bits per heavy atom. The first-order valence-corrected chi connectivity index (χ1v) is 8.84. The van der Waals surface area contributed by atoms with Crippen molar-refractivity contribution >= 4 is 15.9 Å². The summed E-state index contributed by atoms with van der Waals surface area (Å²) in [7, 11) is -3.78. The van der Waals surface area contributed by atoms with Gasteiger partial charge in [0.05, 0.1) is 4.90 Å². The highest BCUT2D eigenvalue weighted by molar-refractivity contribution is 7.89. The lowest BCUT2D eigenvalue weighted by atomic mass is 10.0. The van der Waals surface area contributed by atoms with Gasteiger partial charge in [-0.05, 0) is 31.0 Å². The van der Waals surface area contributed by atoms with Gasteiger partial charge in [-0.3, -0.25) is 4.79 Å². The van der Waals surface area contributed by atoms with Crippen molar-refractivity contribution in [3.05, 3.63) is 30.1 Å². The molecule has 1 N–H and O–H groups in total. The molecule has 0 aromatic heterocycles. The normalized spacial score (nSPS) is 19.5. The van der Waals surface area contributed by atoms with Gasteiger partial charge < -0.3 is 4.90 Å². The van der Waals surface area contributed by atoms with Crippen molar-refractivity contribution in [1.29, 1.82) is 0 Å². The average Bonchev–Trinajstić information content (AvgIpc) is 2.46. The summed E-state index contributed by atoms with van der Waals surface area (Å²) in [5.41, 5.74) is 0. The zero-order chi connectivity index (χ0) is 16.3. The van der Waals surface area contributed by atoms with Crippen LogP contribution in [0.4, 0.5) is 4.39 Å². The zero-order valence-electron chi connectivity index (χ0n) is 12.8. The Labute approximate surface area is 130 Å². The van der Waals surface area contributed by atoms with Crippen LogP contribution < -0.4 is 4.72 Å². The average molecular weight is 328 g/mol. The van der Waals surface area contributed by atoms with Crippen LogP contribution in [0, 0.1) is 11.7 Å². The highest BCUT2D eigenvalue weighted by Crippen LogP contribution is 2.17. The van der Waals surface area contributed by atoms with E-state index in [9.17, 15) is 17.6 Å². The number of amides is 1. The van der Waals surface area contributed by atoms with Crippen molar-refractivity contribution in [2.75, 3.05) is 13.1 Å². The van der Waals surface area contributed by atoms with Gasteiger partial charge in [-0.2, -0.15) is 0 Å². The summed E-state index contributed by atoms with van der Waals surface area (Å²) in [5, 5.41) is 0. The van der Waals surface area contributed by atoms with Crippen molar-refractivity contribution in [2.24, 2.45) is 5.92 Å². The van der Waals surface area contributed by atoms with Gasteiger partial charge in [0.2, 0.25) is 15.9 Å². The molecule has 0 unspecified atom stereocenters. The molecule has 5 nitrogen and oxygen atoms in total. The minimum Gasteiger partial charge on any atom is -0.341 e. The topological polar surface area (TPSA) is 66.5 Å². The molecule has 1 fully saturated rings. The Hall–Kier alpha value is -1.47. The van der Waals surface area contributed by atoms with E-state index in [1.165, 1.54) is 18.2 Å². The smallest absolute Gasteiger partial charge is 0.240 e. The van der Waals surface area contributed by atoms with Crippen molar-refractivity contribution in [3.63, 3.8) is 0 Å². The summed E-state index contributed by atoms with van der Waals surface area (Å²) < 4.78 is 40.3. The quantitative estimate of drug-likeness (QED) is 0.916. The number of benzene rings is 1. The van der Waals surface area contributed by atoms with Crippen LogP contribution in [0.2, 0.25) is 0 Å². The van der Waals surface area contributed by atoms with Crippen LogP contribution in [-0.4, -0.2) is 38.4 Å². The van der Waals surface area contributed by atoms with E-state index < -0.39 is 15.8 Å². The standard InChI is InChI=1S/C15H21FN2O3S/c1-11(2)15(19)18-8-4-6-13(10-18)17-22(20,21)14-7-3-5-12(16)9-14/h3,5,7,9,11,13,17H,4,6,8,10H2,1-2H3/t13-/m0/s1. The summed E-state index contributed by atoms with van der Waals surface area (Å²) in [5.74, 6) is -0.684. The predicted octanol–water partition coefficient (Wildman–Crippen LogP) is 1.75. The van der Waals surface area contributed by atoms with E-state index in [2.05, 4.69) is 4.72 Å². The van der Waals surface area contributed by atoms with E-state index >= 15 is 0 Å². The van der Waals surface area contributed by atoms with Crippen molar-refractivity contribution in [2.45, 2.75) is 37.6 Å². The Balaban J connectivity index is 2.08. The molecule has 0 aliphatic carbocycles. The fourth-order valence-electron chi connectivity index (χ4n) is 2.56. The van der Waals surface area contributed by atoms with Crippen LogP contribution in [0.25, 0.3) is 0 Å². The lowest BCUT2D eigenvalue weighted by molar-refractivity contribution is -0.135. The molecule has 1 amide bonds.